The molecule has 5 nitrogen and oxygen atoms in total. The molecule has 0 bridgehead atoms. The molecular formula is C27H23FN4O. The number of morpholine rings is 1. The van der Waals surface area contributed by atoms with Gasteiger partial charge in [0, 0.05) is 30.4 Å². The summed E-state index contributed by atoms with van der Waals surface area (Å²) in [6.45, 7) is 2.39. The van der Waals surface area contributed by atoms with E-state index in [0.717, 1.165) is 22.4 Å². The largest absolute Gasteiger partial charge is 0.378 e. The lowest BCUT2D eigenvalue weighted by Gasteiger charge is -2.35. The molecule has 5 rings (SSSR count). The van der Waals surface area contributed by atoms with Crippen molar-refractivity contribution in [1.82, 2.24) is 14.7 Å². The Hall–Kier alpha value is -3.79. The summed E-state index contributed by atoms with van der Waals surface area (Å²) in [5.41, 5.74) is 4.98. The van der Waals surface area contributed by atoms with Crippen LogP contribution in [0.2, 0.25) is 0 Å². The molecule has 1 saturated heterocycles. The summed E-state index contributed by atoms with van der Waals surface area (Å²) in [5.74, 6) is -0.217. The molecule has 3 aromatic carbocycles. The van der Waals surface area contributed by atoms with Crippen LogP contribution < -0.4 is 0 Å². The van der Waals surface area contributed by atoms with Crippen molar-refractivity contribution < 1.29 is 9.13 Å². The predicted octanol–water partition coefficient (Wildman–Crippen LogP) is 5.12. The maximum atomic E-state index is 14.4. The first kappa shape index (κ1) is 21.1. The van der Waals surface area contributed by atoms with Crippen molar-refractivity contribution in [3.05, 3.63) is 108 Å². The minimum atomic E-state index is -0.217. The third kappa shape index (κ3) is 4.42. The number of ether oxygens (including phenoxy) is 1. The lowest BCUT2D eigenvalue weighted by Crippen LogP contribution is -2.39. The van der Waals surface area contributed by atoms with Gasteiger partial charge in [-0.1, -0.05) is 54.6 Å². The molecule has 6 heteroatoms. The Labute approximate surface area is 192 Å². The van der Waals surface area contributed by atoms with E-state index in [2.05, 4.69) is 16.1 Å². The van der Waals surface area contributed by atoms with Gasteiger partial charge in [-0.05, 0) is 29.3 Å². The van der Waals surface area contributed by atoms with Crippen LogP contribution in [-0.4, -0.2) is 34.4 Å². The highest BCUT2D eigenvalue weighted by molar-refractivity contribution is 5.68. The molecule has 0 spiro atoms. The number of nitrogens with zero attached hydrogens (tertiary/aromatic N) is 4. The second-order valence-electron chi connectivity index (χ2n) is 8.09. The monoisotopic (exact) mass is 438 g/mol. The van der Waals surface area contributed by atoms with Crippen LogP contribution in [0.5, 0.6) is 0 Å². The first-order valence-corrected chi connectivity index (χ1v) is 10.9. The van der Waals surface area contributed by atoms with E-state index < -0.39 is 0 Å². The summed E-state index contributed by atoms with van der Waals surface area (Å²) >= 11 is 0. The molecule has 1 fully saturated rings. The highest BCUT2D eigenvalue weighted by Crippen LogP contribution is 2.28. The third-order valence-electron chi connectivity index (χ3n) is 6.00. The van der Waals surface area contributed by atoms with Gasteiger partial charge in [-0.3, -0.25) is 4.90 Å². The third-order valence-corrected chi connectivity index (χ3v) is 6.00. The van der Waals surface area contributed by atoms with Crippen LogP contribution in [0.15, 0.2) is 85.2 Å². The number of hydrogen-bond acceptors (Lipinski definition) is 4. The van der Waals surface area contributed by atoms with Crippen LogP contribution in [0, 0.1) is 17.1 Å². The first-order chi connectivity index (χ1) is 16.2. The van der Waals surface area contributed by atoms with E-state index in [4.69, 9.17) is 4.74 Å². The summed E-state index contributed by atoms with van der Waals surface area (Å²) in [7, 11) is 0. The molecule has 33 heavy (non-hydrogen) atoms. The molecule has 1 atom stereocenters. The average Bonchev–Trinajstić information content (AvgIpc) is 3.33. The highest BCUT2D eigenvalue weighted by Gasteiger charge is 2.27. The number of nitriles is 1. The van der Waals surface area contributed by atoms with E-state index in [9.17, 15) is 9.65 Å². The van der Waals surface area contributed by atoms with Crippen LogP contribution in [-0.2, 0) is 11.3 Å². The molecule has 0 amide bonds. The molecular weight excluding hydrogens is 415 g/mol. The molecule has 4 aromatic rings. The average molecular weight is 439 g/mol. The minimum Gasteiger partial charge on any atom is -0.378 e. The maximum Gasteiger partial charge on any atom is 0.128 e. The Balaban J connectivity index is 1.39. The van der Waals surface area contributed by atoms with Gasteiger partial charge >= 0.3 is 0 Å². The van der Waals surface area contributed by atoms with Crippen LogP contribution in [0.1, 0.15) is 22.7 Å². The number of aromatic nitrogens is 2. The van der Waals surface area contributed by atoms with E-state index in [1.165, 1.54) is 6.07 Å². The Morgan fingerprint density at radius 1 is 1.03 bits per heavy atom. The zero-order valence-corrected chi connectivity index (χ0v) is 18.1. The SMILES string of the molecule is N#Cc1cc(-c2ccccc2)ccc1-n1cc(CN2CCOCC2c2ccccc2F)cn1. The van der Waals surface area contributed by atoms with Crippen molar-refractivity contribution in [2.24, 2.45) is 0 Å². The fourth-order valence-electron chi connectivity index (χ4n) is 4.30. The summed E-state index contributed by atoms with van der Waals surface area (Å²) in [6, 6.07) is 24.8. The lowest BCUT2D eigenvalue weighted by atomic mass is 10.0. The van der Waals surface area contributed by atoms with Crippen molar-refractivity contribution in [2.75, 3.05) is 19.8 Å². The summed E-state index contributed by atoms with van der Waals surface area (Å²) < 4.78 is 21.8. The highest BCUT2D eigenvalue weighted by atomic mass is 19.1. The van der Waals surface area contributed by atoms with E-state index in [0.29, 0.717) is 37.4 Å². The Bertz CT molecular complexity index is 1290. The Morgan fingerprint density at radius 3 is 2.67 bits per heavy atom. The van der Waals surface area contributed by atoms with Crippen molar-refractivity contribution >= 4 is 0 Å². The predicted molar refractivity (Wildman–Crippen MR) is 124 cm³/mol. The molecule has 0 N–H and O–H groups in total. The van der Waals surface area contributed by atoms with Crippen LogP contribution in [0.25, 0.3) is 16.8 Å². The van der Waals surface area contributed by atoms with Crippen molar-refractivity contribution in [1.29, 1.82) is 5.26 Å². The number of halogens is 1. The number of rotatable bonds is 5. The molecule has 1 unspecified atom stereocenters. The maximum absolute atomic E-state index is 14.4. The summed E-state index contributed by atoms with van der Waals surface area (Å²) in [6.07, 6.45) is 3.74. The van der Waals surface area contributed by atoms with Gasteiger partial charge in [-0.25, -0.2) is 9.07 Å². The number of benzene rings is 3. The van der Waals surface area contributed by atoms with Gasteiger partial charge in [0.1, 0.15) is 11.9 Å². The standard InChI is InChI=1S/C27H23FN4O/c28-25-9-5-4-8-24(25)27-19-33-13-12-31(27)17-20-16-30-32(18-20)26-11-10-22(14-23(26)15-29)21-6-2-1-3-7-21/h1-11,14,16,18,27H,12-13,17,19H2. The lowest BCUT2D eigenvalue weighted by molar-refractivity contribution is -0.0139. The first-order valence-electron chi connectivity index (χ1n) is 10.9. The molecule has 164 valence electrons. The number of hydrogen-bond donors (Lipinski definition) is 0. The van der Waals surface area contributed by atoms with Crippen LogP contribution in [0.3, 0.4) is 0 Å². The summed E-state index contributed by atoms with van der Waals surface area (Å²) in [5, 5.41) is 14.3. The van der Waals surface area contributed by atoms with Crippen LogP contribution >= 0.6 is 0 Å². The van der Waals surface area contributed by atoms with Crippen molar-refractivity contribution in [3.63, 3.8) is 0 Å². The van der Waals surface area contributed by atoms with E-state index >= 15 is 0 Å². The molecule has 0 saturated carbocycles. The Morgan fingerprint density at radius 2 is 1.85 bits per heavy atom. The van der Waals surface area contributed by atoms with Crippen molar-refractivity contribution in [2.45, 2.75) is 12.6 Å². The van der Waals surface area contributed by atoms with E-state index in [1.54, 1.807) is 16.9 Å². The molecule has 0 aliphatic carbocycles. The van der Waals surface area contributed by atoms with Gasteiger partial charge in [-0.2, -0.15) is 10.4 Å². The van der Waals surface area contributed by atoms with Gasteiger partial charge < -0.3 is 4.74 Å². The normalized spacial score (nSPS) is 16.4. The molecule has 2 heterocycles. The zero-order chi connectivity index (χ0) is 22.6. The van der Waals surface area contributed by atoms with Gasteiger partial charge in [0.15, 0.2) is 0 Å². The molecule has 1 aliphatic rings. The molecule has 1 aromatic heterocycles. The van der Waals surface area contributed by atoms with Gasteiger partial charge in [-0.15, -0.1) is 0 Å². The molecule has 0 radical (unpaired) electrons. The minimum absolute atomic E-state index is 0.150. The fourth-order valence-corrected chi connectivity index (χ4v) is 4.30. The second-order valence-corrected chi connectivity index (χ2v) is 8.09. The van der Waals surface area contributed by atoms with E-state index in [-0.39, 0.29) is 11.9 Å². The smallest absolute Gasteiger partial charge is 0.128 e. The molecule has 1 aliphatic heterocycles. The Kier molecular flexibility index (Phi) is 5.99. The second kappa shape index (κ2) is 9.37. The van der Waals surface area contributed by atoms with Crippen molar-refractivity contribution in [3.8, 4) is 22.9 Å². The topological polar surface area (TPSA) is 54.1 Å². The van der Waals surface area contributed by atoms with E-state index in [1.807, 2.05) is 66.9 Å². The van der Waals surface area contributed by atoms with Gasteiger partial charge in [0.2, 0.25) is 0 Å². The quantitative estimate of drug-likeness (QED) is 0.434. The zero-order valence-electron chi connectivity index (χ0n) is 18.1. The van der Waals surface area contributed by atoms with Gasteiger partial charge in [0.05, 0.1) is 36.7 Å². The van der Waals surface area contributed by atoms with Gasteiger partial charge in [0.25, 0.3) is 0 Å². The summed E-state index contributed by atoms with van der Waals surface area (Å²) in [4.78, 5) is 2.22. The van der Waals surface area contributed by atoms with Crippen LogP contribution in [0.4, 0.5) is 4.39 Å². The fraction of sp³-hybridized carbons (Fsp3) is 0.185.